The molecule has 0 bridgehead atoms. The Kier molecular flexibility index (Phi) is 6.42. The number of benzene rings is 1. The van der Waals surface area contributed by atoms with Crippen molar-refractivity contribution < 1.29 is 9.53 Å². The van der Waals surface area contributed by atoms with Crippen molar-refractivity contribution in [2.75, 3.05) is 13.1 Å². The van der Waals surface area contributed by atoms with E-state index in [9.17, 15) is 4.79 Å². The third kappa shape index (κ3) is 6.03. The lowest BCUT2D eigenvalue weighted by atomic mass is 9.85. The Morgan fingerprint density at radius 3 is 2.62 bits per heavy atom. The third-order valence-corrected chi connectivity index (χ3v) is 5.30. The first-order valence-electron chi connectivity index (χ1n) is 10.1. The van der Waals surface area contributed by atoms with E-state index >= 15 is 0 Å². The molecule has 1 heterocycles. The fraction of sp³-hybridized carbons (Fsp3) is 0.696. The highest BCUT2D eigenvalue weighted by Crippen LogP contribution is 2.33. The number of likely N-dealkylation sites (tertiary alicyclic amines) is 1. The second kappa shape index (κ2) is 8.02. The minimum absolute atomic E-state index is 0.132. The summed E-state index contributed by atoms with van der Waals surface area (Å²) in [6.07, 6.45) is 4.23. The van der Waals surface area contributed by atoms with E-state index in [4.69, 9.17) is 4.74 Å². The van der Waals surface area contributed by atoms with Crippen LogP contribution in [0.3, 0.4) is 0 Å². The Balaban J connectivity index is 2.14. The highest BCUT2D eigenvalue weighted by molar-refractivity contribution is 5.68. The topological polar surface area (TPSA) is 29.5 Å². The fourth-order valence-electron chi connectivity index (χ4n) is 3.86. The Morgan fingerprint density at radius 1 is 1.31 bits per heavy atom. The number of carbonyl (C=O) groups is 1. The molecule has 1 aromatic carbocycles. The average molecular weight is 360 g/mol. The van der Waals surface area contributed by atoms with Gasteiger partial charge in [-0.1, -0.05) is 39.0 Å². The van der Waals surface area contributed by atoms with Gasteiger partial charge in [0.25, 0.3) is 0 Å². The standard InChI is InChI=1S/C23H37NO2/c1-8-20-14-18(10-9-17(20)2)13-19-11-12-23(6,7)16-24(15-19)21(25)26-22(3,4)5/h9-10,14,19H,8,11-13,15-16H2,1-7H3. The smallest absolute Gasteiger partial charge is 0.410 e. The minimum atomic E-state index is -0.448. The maximum atomic E-state index is 12.7. The number of hydrogen-bond donors (Lipinski definition) is 0. The lowest BCUT2D eigenvalue weighted by Gasteiger charge is -2.32. The first-order chi connectivity index (χ1) is 12.0. The molecule has 3 heteroatoms. The molecule has 1 aliphatic rings. The van der Waals surface area contributed by atoms with Crippen molar-refractivity contribution in [3.63, 3.8) is 0 Å². The summed E-state index contributed by atoms with van der Waals surface area (Å²) >= 11 is 0. The number of amides is 1. The maximum Gasteiger partial charge on any atom is 0.410 e. The van der Waals surface area contributed by atoms with E-state index in [1.165, 1.54) is 16.7 Å². The number of rotatable bonds is 3. The van der Waals surface area contributed by atoms with Gasteiger partial charge in [-0.25, -0.2) is 4.79 Å². The van der Waals surface area contributed by atoms with E-state index in [1.807, 2.05) is 25.7 Å². The molecule has 1 fully saturated rings. The summed E-state index contributed by atoms with van der Waals surface area (Å²) in [5.41, 5.74) is 3.87. The summed E-state index contributed by atoms with van der Waals surface area (Å²) in [4.78, 5) is 14.6. The van der Waals surface area contributed by atoms with Gasteiger partial charge in [0.05, 0.1) is 0 Å². The fourth-order valence-corrected chi connectivity index (χ4v) is 3.86. The lowest BCUT2D eigenvalue weighted by molar-refractivity contribution is 0.0181. The van der Waals surface area contributed by atoms with Crippen LogP contribution in [0.25, 0.3) is 0 Å². The second-order valence-electron chi connectivity index (χ2n) is 9.75. The van der Waals surface area contributed by atoms with Crippen LogP contribution in [0.1, 0.15) is 71.1 Å². The van der Waals surface area contributed by atoms with E-state index in [1.54, 1.807) is 0 Å². The molecule has 1 amide bonds. The molecule has 1 aromatic rings. The van der Waals surface area contributed by atoms with Gasteiger partial charge in [0.15, 0.2) is 0 Å². The normalized spacial score (nSPS) is 20.6. The summed E-state index contributed by atoms with van der Waals surface area (Å²) in [6.45, 7) is 16.3. The van der Waals surface area contributed by atoms with E-state index in [0.717, 1.165) is 38.8 Å². The summed E-state index contributed by atoms with van der Waals surface area (Å²) in [7, 11) is 0. The van der Waals surface area contributed by atoms with Crippen molar-refractivity contribution in [2.45, 2.75) is 79.8 Å². The summed E-state index contributed by atoms with van der Waals surface area (Å²) in [5.74, 6) is 0.483. The van der Waals surface area contributed by atoms with E-state index < -0.39 is 5.60 Å². The van der Waals surface area contributed by atoms with Crippen LogP contribution in [-0.2, 0) is 17.6 Å². The van der Waals surface area contributed by atoms with Crippen molar-refractivity contribution in [2.24, 2.45) is 11.3 Å². The largest absolute Gasteiger partial charge is 0.444 e. The van der Waals surface area contributed by atoms with Crippen LogP contribution < -0.4 is 0 Å². The quantitative estimate of drug-likeness (QED) is 0.685. The zero-order chi connectivity index (χ0) is 19.5. The second-order valence-corrected chi connectivity index (χ2v) is 9.75. The molecule has 0 radical (unpaired) electrons. The zero-order valence-corrected chi connectivity index (χ0v) is 17.8. The Labute approximate surface area is 160 Å². The van der Waals surface area contributed by atoms with E-state index in [0.29, 0.717) is 5.92 Å². The number of carbonyl (C=O) groups excluding carboxylic acids is 1. The van der Waals surface area contributed by atoms with Crippen molar-refractivity contribution in [1.29, 1.82) is 0 Å². The van der Waals surface area contributed by atoms with Gasteiger partial charge >= 0.3 is 6.09 Å². The first kappa shape index (κ1) is 20.8. The van der Waals surface area contributed by atoms with Gasteiger partial charge < -0.3 is 9.64 Å². The molecule has 1 saturated heterocycles. The molecule has 0 aromatic heterocycles. The van der Waals surface area contributed by atoms with Crippen LogP contribution in [0.2, 0.25) is 0 Å². The van der Waals surface area contributed by atoms with Crippen LogP contribution in [0.5, 0.6) is 0 Å². The number of ether oxygens (including phenoxy) is 1. The van der Waals surface area contributed by atoms with Crippen LogP contribution >= 0.6 is 0 Å². The molecule has 0 aliphatic carbocycles. The molecule has 1 aliphatic heterocycles. The highest BCUT2D eigenvalue weighted by Gasteiger charge is 2.33. The van der Waals surface area contributed by atoms with Crippen LogP contribution in [-0.4, -0.2) is 29.7 Å². The summed E-state index contributed by atoms with van der Waals surface area (Å²) in [5, 5.41) is 0. The van der Waals surface area contributed by atoms with E-state index in [2.05, 4.69) is 45.9 Å². The molecule has 1 unspecified atom stereocenters. The van der Waals surface area contributed by atoms with Gasteiger partial charge in [-0.05, 0) is 81.4 Å². The third-order valence-electron chi connectivity index (χ3n) is 5.30. The minimum Gasteiger partial charge on any atom is -0.444 e. The average Bonchev–Trinajstić information content (AvgIpc) is 2.66. The van der Waals surface area contributed by atoms with Gasteiger partial charge in [-0.3, -0.25) is 0 Å². The van der Waals surface area contributed by atoms with Crippen LogP contribution in [0.15, 0.2) is 18.2 Å². The molecule has 3 nitrogen and oxygen atoms in total. The monoisotopic (exact) mass is 359 g/mol. The number of hydrogen-bond acceptors (Lipinski definition) is 2. The Bertz CT molecular complexity index is 628. The van der Waals surface area contributed by atoms with Gasteiger partial charge in [0, 0.05) is 13.1 Å². The zero-order valence-electron chi connectivity index (χ0n) is 17.8. The Morgan fingerprint density at radius 2 is 2.00 bits per heavy atom. The molecule has 0 N–H and O–H groups in total. The van der Waals surface area contributed by atoms with Crippen molar-refractivity contribution >= 4 is 6.09 Å². The number of aryl methyl sites for hydroxylation is 2. The van der Waals surface area contributed by atoms with E-state index in [-0.39, 0.29) is 11.5 Å². The van der Waals surface area contributed by atoms with Crippen molar-refractivity contribution in [3.8, 4) is 0 Å². The van der Waals surface area contributed by atoms with Gasteiger partial charge in [0.1, 0.15) is 5.60 Å². The SMILES string of the molecule is CCc1cc(CC2CCC(C)(C)CN(C(=O)OC(C)(C)C)C2)ccc1C. The summed E-state index contributed by atoms with van der Waals surface area (Å²) < 4.78 is 5.66. The molecular weight excluding hydrogens is 322 g/mol. The predicted octanol–water partition coefficient (Wildman–Crippen LogP) is 5.77. The molecule has 0 saturated carbocycles. The van der Waals surface area contributed by atoms with Crippen LogP contribution in [0, 0.1) is 18.3 Å². The highest BCUT2D eigenvalue weighted by atomic mass is 16.6. The molecule has 1 atom stereocenters. The van der Waals surface area contributed by atoms with Crippen LogP contribution in [0.4, 0.5) is 4.79 Å². The first-order valence-corrected chi connectivity index (χ1v) is 10.1. The summed E-state index contributed by atoms with van der Waals surface area (Å²) in [6, 6.07) is 6.84. The predicted molar refractivity (Wildman–Crippen MR) is 109 cm³/mol. The van der Waals surface area contributed by atoms with Gasteiger partial charge in [0.2, 0.25) is 0 Å². The molecular formula is C23H37NO2. The molecule has 146 valence electrons. The van der Waals surface area contributed by atoms with Gasteiger partial charge in [-0.2, -0.15) is 0 Å². The molecule has 2 rings (SSSR count). The van der Waals surface area contributed by atoms with Crippen molar-refractivity contribution in [1.82, 2.24) is 4.90 Å². The molecule has 26 heavy (non-hydrogen) atoms. The lowest BCUT2D eigenvalue weighted by Crippen LogP contribution is -2.42. The van der Waals surface area contributed by atoms with Gasteiger partial charge in [-0.15, -0.1) is 0 Å². The Hall–Kier alpha value is -1.51. The maximum absolute atomic E-state index is 12.7. The molecule has 0 spiro atoms. The van der Waals surface area contributed by atoms with Crippen molar-refractivity contribution in [3.05, 3.63) is 34.9 Å². The number of nitrogens with zero attached hydrogens (tertiary/aromatic N) is 1.